The Morgan fingerprint density at radius 1 is 1.13 bits per heavy atom. The second kappa shape index (κ2) is 6.74. The Bertz CT molecular complexity index is 838. The van der Waals surface area contributed by atoms with Crippen LogP contribution in [0, 0.1) is 0 Å². The van der Waals surface area contributed by atoms with Crippen LogP contribution in [-0.4, -0.2) is 20.4 Å². The van der Waals surface area contributed by atoms with Gasteiger partial charge in [-0.15, -0.1) is 0 Å². The van der Waals surface area contributed by atoms with Crippen LogP contribution in [0.4, 0.5) is 0 Å². The molecule has 0 spiro atoms. The van der Waals surface area contributed by atoms with Crippen molar-refractivity contribution in [1.82, 2.24) is 19.9 Å². The molecule has 0 atom stereocenters. The summed E-state index contributed by atoms with van der Waals surface area (Å²) in [5.74, 6) is -0.315. The van der Waals surface area contributed by atoms with Crippen molar-refractivity contribution in [2.75, 3.05) is 0 Å². The third kappa shape index (κ3) is 3.55. The molecule has 2 aromatic heterocycles. The van der Waals surface area contributed by atoms with Gasteiger partial charge < -0.3 is 10.3 Å². The third-order valence-corrected chi connectivity index (χ3v) is 3.44. The first kappa shape index (κ1) is 14.8. The summed E-state index contributed by atoms with van der Waals surface area (Å²) in [6.45, 7) is 0.653. The number of hydrogen-bond donors (Lipinski definition) is 2. The Morgan fingerprint density at radius 3 is 2.65 bits per heavy atom. The van der Waals surface area contributed by atoms with Crippen molar-refractivity contribution >= 4 is 5.91 Å². The van der Waals surface area contributed by atoms with Gasteiger partial charge in [-0.25, -0.2) is 4.79 Å². The van der Waals surface area contributed by atoms with Gasteiger partial charge in [-0.05, 0) is 17.7 Å². The van der Waals surface area contributed by atoms with Gasteiger partial charge in [-0.1, -0.05) is 36.4 Å². The van der Waals surface area contributed by atoms with Gasteiger partial charge in [0, 0.05) is 12.4 Å². The van der Waals surface area contributed by atoms with Crippen LogP contribution in [0.1, 0.15) is 21.7 Å². The zero-order valence-corrected chi connectivity index (χ0v) is 12.4. The number of aromatic amines is 1. The van der Waals surface area contributed by atoms with E-state index in [0.29, 0.717) is 18.8 Å². The highest BCUT2D eigenvalue weighted by atomic mass is 16.2. The molecule has 3 rings (SSSR count). The number of H-pyrrole nitrogens is 1. The number of imidazole rings is 1. The van der Waals surface area contributed by atoms with Crippen molar-refractivity contribution in [2.45, 2.75) is 13.1 Å². The lowest BCUT2D eigenvalue weighted by Crippen LogP contribution is -2.29. The van der Waals surface area contributed by atoms with Gasteiger partial charge in [-0.3, -0.25) is 14.3 Å². The largest absolute Gasteiger partial charge is 0.345 e. The van der Waals surface area contributed by atoms with Crippen LogP contribution in [0.5, 0.6) is 0 Å². The summed E-state index contributed by atoms with van der Waals surface area (Å²) < 4.78 is 1.42. The van der Waals surface area contributed by atoms with E-state index in [4.69, 9.17) is 0 Å². The smallest absolute Gasteiger partial charge is 0.326 e. The van der Waals surface area contributed by atoms with Gasteiger partial charge in [0.25, 0.3) is 5.91 Å². The predicted octanol–water partition coefficient (Wildman–Crippen LogP) is 1.55. The summed E-state index contributed by atoms with van der Waals surface area (Å²) in [5.41, 5.74) is 1.70. The minimum Gasteiger partial charge on any atom is -0.345 e. The molecule has 23 heavy (non-hydrogen) atoms. The van der Waals surface area contributed by atoms with Crippen molar-refractivity contribution in [3.8, 4) is 0 Å². The molecule has 3 aromatic rings. The van der Waals surface area contributed by atoms with E-state index in [1.807, 2.05) is 48.5 Å². The zero-order chi connectivity index (χ0) is 16.1. The molecule has 0 saturated carbocycles. The van der Waals surface area contributed by atoms with Crippen molar-refractivity contribution in [1.29, 1.82) is 0 Å². The Kier molecular flexibility index (Phi) is 4.33. The van der Waals surface area contributed by atoms with Gasteiger partial charge >= 0.3 is 5.69 Å². The van der Waals surface area contributed by atoms with E-state index in [1.165, 1.54) is 10.8 Å². The topological polar surface area (TPSA) is 79.8 Å². The minimum atomic E-state index is -0.315. The van der Waals surface area contributed by atoms with Crippen LogP contribution in [0.3, 0.4) is 0 Å². The molecule has 116 valence electrons. The molecule has 0 aliphatic carbocycles. The quantitative estimate of drug-likeness (QED) is 0.750. The highest BCUT2D eigenvalue weighted by Gasteiger charge is 2.14. The lowest BCUT2D eigenvalue weighted by molar-refractivity contribution is 0.0941. The van der Waals surface area contributed by atoms with E-state index in [-0.39, 0.29) is 11.6 Å². The summed E-state index contributed by atoms with van der Waals surface area (Å²) in [4.78, 5) is 31.0. The molecule has 1 amide bonds. The van der Waals surface area contributed by atoms with E-state index in [0.717, 1.165) is 11.3 Å². The molecule has 0 radical (unpaired) electrons. The maximum atomic E-state index is 12.3. The van der Waals surface area contributed by atoms with E-state index < -0.39 is 0 Å². The van der Waals surface area contributed by atoms with E-state index in [9.17, 15) is 9.59 Å². The van der Waals surface area contributed by atoms with Crippen LogP contribution in [-0.2, 0) is 13.1 Å². The van der Waals surface area contributed by atoms with E-state index in [2.05, 4.69) is 15.3 Å². The number of aromatic nitrogens is 3. The molecule has 0 aliphatic heterocycles. The lowest BCUT2D eigenvalue weighted by Gasteiger charge is -2.08. The number of pyridine rings is 1. The summed E-state index contributed by atoms with van der Waals surface area (Å²) in [6, 6.07) is 15.0. The fourth-order valence-corrected chi connectivity index (χ4v) is 2.27. The van der Waals surface area contributed by atoms with Crippen LogP contribution < -0.4 is 11.0 Å². The number of nitrogens with zero attached hydrogens (tertiary/aromatic N) is 2. The minimum absolute atomic E-state index is 0.301. The molecule has 0 unspecified atom stereocenters. The molecule has 2 N–H and O–H groups in total. The number of hydrogen-bond acceptors (Lipinski definition) is 3. The number of rotatable bonds is 5. The number of carbonyl (C=O) groups is 1. The number of benzene rings is 1. The Morgan fingerprint density at radius 2 is 1.91 bits per heavy atom. The second-order valence-corrected chi connectivity index (χ2v) is 5.05. The first-order chi connectivity index (χ1) is 11.2. The van der Waals surface area contributed by atoms with Crippen molar-refractivity contribution < 1.29 is 4.79 Å². The molecule has 1 aromatic carbocycles. The fourth-order valence-electron chi connectivity index (χ4n) is 2.27. The Hall–Kier alpha value is -3.15. The highest BCUT2D eigenvalue weighted by Crippen LogP contribution is 2.04. The normalized spacial score (nSPS) is 10.4. The van der Waals surface area contributed by atoms with Gasteiger partial charge in [0.2, 0.25) is 0 Å². The summed E-state index contributed by atoms with van der Waals surface area (Å²) in [5, 5.41) is 2.77. The maximum absolute atomic E-state index is 12.3. The molecular formula is C17H16N4O2. The monoisotopic (exact) mass is 308 g/mol. The molecule has 6 heteroatoms. The van der Waals surface area contributed by atoms with Crippen LogP contribution in [0.15, 0.2) is 65.7 Å². The SMILES string of the molecule is O=C(NCc1ccccn1)c1c[nH]c(=O)n1Cc1ccccc1. The van der Waals surface area contributed by atoms with Crippen molar-refractivity contribution in [2.24, 2.45) is 0 Å². The molecule has 2 heterocycles. The van der Waals surface area contributed by atoms with Gasteiger partial charge in [0.15, 0.2) is 0 Å². The lowest BCUT2D eigenvalue weighted by atomic mass is 10.2. The highest BCUT2D eigenvalue weighted by molar-refractivity contribution is 5.92. The standard InChI is InChI=1S/C17H16N4O2/c22-16(19-10-14-8-4-5-9-18-14)15-11-20-17(23)21(15)12-13-6-2-1-3-7-13/h1-9,11H,10,12H2,(H,19,22)(H,20,23). The fraction of sp³-hybridized carbons (Fsp3) is 0.118. The molecule has 6 nitrogen and oxygen atoms in total. The average Bonchev–Trinajstić information content (AvgIpc) is 2.95. The first-order valence-corrected chi connectivity index (χ1v) is 7.24. The van der Waals surface area contributed by atoms with Crippen LogP contribution in [0.2, 0.25) is 0 Å². The van der Waals surface area contributed by atoms with Gasteiger partial charge in [0.05, 0.1) is 18.8 Å². The molecule has 0 aliphatic rings. The number of amides is 1. The molecular weight excluding hydrogens is 292 g/mol. The first-order valence-electron chi connectivity index (χ1n) is 7.24. The summed E-state index contributed by atoms with van der Waals surface area (Å²) in [6.07, 6.45) is 3.10. The molecule has 0 fully saturated rings. The number of carbonyl (C=O) groups excluding carboxylic acids is 1. The molecule has 0 bridgehead atoms. The summed E-state index contributed by atoms with van der Waals surface area (Å²) >= 11 is 0. The average molecular weight is 308 g/mol. The maximum Gasteiger partial charge on any atom is 0.326 e. The van der Waals surface area contributed by atoms with Gasteiger partial charge in [-0.2, -0.15) is 0 Å². The van der Waals surface area contributed by atoms with Crippen LogP contribution >= 0.6 is 0 Å². The third-order valence-electron chi connectivity index (χ3n) is 3.44. The van der Waals surface area contributed by atoms with Gasteiger partial charge in [0.1, 0.15) is 5.69 Å². The second-order valence-electron chi connectivity index (χ2n) is 5.05. The van der Waals surface area contributed by atoms with Crippen molar-refractivity contribution in [3.63, 3.8) is 0 Å². The van der Waals surface area contributed by atoms with E-state index in [1.54, 1.807) is 6.20 Å². The Balaban J connectivity index is 1.75. The van der Waals surface area contributed by atoms with Crippen LogP contribution in [0.25, 0.3) is 0 Å². The predicted molar refractivity (Wildman–Crippen MR) is 86.0 cm³/mol. The summed E-state index contributed by atoms with van der Waals surface area (Å²) in [7, 11) is 0. The zero-order valence-electron chi connectivity index (χ0n) is 12.4. The Labute approximate surface area is 132 Å². The van der Waals surface area contributed by atoms with E-state index >= 15 is 0 Å². The van der Waals surface area contributed by atoms with Crippen molar-refractivity contribution in [3.05, 3.63) is 88.4 Å². The molecule has 0 saturated heterocycles. The number of nitrogens with one attached hydrogen (secondary N) is 2.